The van der Waals surface area contributed by atoms with E-state index in [1.807, 2.05) is 6.92 Å². The lowest BCUT2D eigenvalue weighted by molar-refractivity contribution is 0.908. The molecule has 4 N–H and O–H groups in total. The van der Waals surface area contributed by atoms with Crippen molar-refractivity contribution in [3.05, 3.63) is 22.2 Å². The van der Waals surface area contributed by atoms with Crippen molar-refractivity contribution in [2.45, 2.75) is 31.8 Å². The molecule has 5 nitrogen and oxygen atoms in total. The number of hydrogen-bond acceptors (Lipinski definition) is 4. The van der Waals surface area contributed by atoms with Gasteiger partial charge < -0.3 is 16.0 Å². The Morgan fingerprint density at radius 3 is 3.07 bits per heavy atom. The van der Waals surface area contributed by atoms with Gasteiger partial charge in [0, 0.05) is 24.6 Å². The van der Waals surface area contributed by atoms with E-state index in [0.717, 1.165) is 12.8 Å². The van der Waals surface area contributed by atoms with Crippen LogP contribution in [0.5, 0.6) is 0 Å². The van der Waals surface area contributed by atoms with E-state index in [1.165, 1.54) is 6.07 Å². The highest BCUT2D eigenvalue weighted by Crippen LogP contribution is 2.21. The van der Waals surface area contributed by atoms with Gasteiger partial charge in [0.25, 0.3) is 5.56 Å². The maximum absolute atomic E-state index is 11.2. The third-order valence-electron chi connectivity index (χ3n) is 2.30. The number of rotatable bonds is 3. The van der Waals surface area contributed by atoms with Crippen LogP contribution in [0.15, 0.2) is 10.9 Å². The fourth-order valence-electron chi connectivity index (χ4n) is 1.32. The fraction of sp³-hybridized carbons (Fsp3) is 0.556. The van der Waals surface area contributed by atoms with Gasteiger partial charge in [0.2, 0.25) is 0 Å². The first-order chi connectivity index (χ1) is 6.69. The van der Waals surface area contributed by atoms with Gasteiger partial charge in [0.05, 0.1) is 0 Å². The summed E-state index contributed by atoms with van der Waals surface area (Å²) in [6.07, 6.45) is 1.68. The van der Waals surface area contributed by atoms with Crippen LogP contribution in [-0.4, -0.2) is 22.1 Å². The molecule has 1 fully saturated rings. The maximum Gasteiger partial charge on any atom is 0.252 e. The molecule has 0 radical (unpaired) electrons. The van der Waals surface area contributed by atoms with Crippen LogP contribution in [-0.2, 0) is 6.42 Å². The summed E-state index contributed by atoms with van der Waals surface area (Å²) in [6.45, 7) is 1.95. The average Bonchev–Trinajstić information content (AvgIpc) is 2.80. The Labute approximate surface area is 81.7 Å². The van der Waals surface area contributed by atoms with E-state index in [1.54, 1.807) is 0 Å². The molecule has 2 rings (SSSR count). The van der Waals surface area contributed by atoms with Gasteiger partial charge in [-0.15, -0.1) is 0 Å². The summed E-state index contributed by atoms with van der Waals surface area (Å²) in [4.78, 5) is 18.1. The lowest BCUT2D eigenvalue weighted by Gasteiger charge is -2.04. The van der Waals surface area contributed by atoms with E-state index >= 15 is 0 Å². The molecule has 2 atom stereocenters. The molecule has 1 saturated carbocycles. The van der Waals surface area contributed by atoms with Gasteiger partial charge in [-0.05, 0) is 6.42 Å². The molecular weight excluding hydrogens is 180 g/mol. The summed E-state index contributed by atoms with van der Waals surface area (Å²) in [5.74, 6) is 1.33. The second kappa shape index (κ2) is 3.42. The molecule has 0 bridgehead atoms. The van der Waals surface area contributed by atoms with Gasteiger partial charge in [-0.2, -0.15) is 0 Å². The summed E-state index contributed by atoms with van der Waals surface area (Å²) >= 11 is 0. The number of nitrogens with one attached hydrogen (secondary N) is 2. The number of H-pyrrole nitrogens is 1. The molecule has 0 aromatic carbocycles. The highest BCUT2D eigenvalue weighted by atomic mass is 16.1. The van der Waals surface area contributed by atoms with Crippen LogP contribution in [0.2, 0.25) is 0 Å². The van der Waals surface area contributed by atoms with Crippen molar-refractivity contribution in [1.82, 2.24) is 9.97 Å². The second-order valence-electron chi connectivity index (χ2n) is 3.58. The third-order valence-corrected chi connectivity index (χ3v) is 2.30. The first-order valence-electron chi connectivity index (χ1n) is 4.81. The summed E-state index contributed by atoms with van der Waals surface area (Å²) in [5.41, 5.74) is 5.53. The van der Waals surface area contributed by atoms with Crippen LogP contribution >= 0.6 is 0 Å². The zero-order valence-corrected chi connectivity index (χ0v) is 8.08. The predicted molar refractivity (Wildman–Crippen MR) is 54.2 cm³/mol. The van der Waals surface area contributed by atoms with Crippen LogP contribution in [0.1, 0.15) is 19.2 Å². The molecule has 0 amide bonds. The van der Waals surface area contributed by atoms with E-state index in [0.29, 0.717) is 11.6 Å². The Balaban J connectivity index is 2.16. The summed E-state index contributed by atoms with van der Waals surface area (Å²) in [6, 6.07) is 1.96. The molecule has 0 saturated heterocycles. The number of hydrogen-bond donors (Lipinski definition) is 3. The van der Waals surface area contributed by atoms with Gasteiger partial charge >= 0.3 is 0 Å². The Hall–Kier alpha value is -1.36. The predicted octanol–water partition coefficient (Wildman–Crippen LogP) is -0.156. The Bertz CT molecular complexity index is 387. The van der Waals surface area contributed by atoms with E-state index < -0.39 is 0 Å². The molecule has 1 aromatic heterocycles. The fourth-order valence-corrected chi connectivity index (χ4v) is 1.32. The Morgan fingerprint density at radius 1 is 1.79 bits per heavy atom. The SMILES string of the molecule is CCc1nc(NC2CC2N)cc(=O)[nH]1. The maximum atomic E-state index is 11.2. The van der Waals surface area contributed by atoms with Crippen molar-refractivity contribution < 1.29 is 0 Å². The van der Waals surface area contributed by atoms with Gasteiger partial charge in [-0.25, -0.2) is 4.98 Å². The standard InChI is InChI=1S/C9H14N4O/c1-2-7-12-8(4-9(14)13-7)11-6-3-5(6)10/h4-6H,2-3,10H2,1H3,(H2,11,12,13,14). The number of aromatic nitrogens is 2. The highest BCUT2D eigenvalue weighted by molar-refractivity contribution is 5.37. The van der Waals surface area contributed by atoms with E-state index in [2.05, 4.69) is 15.3 Å². The molecule has 5 heteroatoms. The van der Waals surface area contributed by atoms with Crippen molar-refractivity contribution in [1.29, 1.82) is 0 Å². The zero-order chi connectivity index (χ0) is 10.1. The highest BCUT2D eigenvalue weighted by Gasteiger charge is 2.33. The van der Waals surface area contributed by atoms with Gasteiger partial charge in [0.15, 0.2) is 0 Å². The molecule has 2 unspecified atom stereocenters. The minimum atomic E-state index is -0.117. The molecule has 1 aliphatic rings. The van der Waals surface area contributed by atoms with Gasteiger partial charge in [-0.1, -0.05) is 6.92 Å². The van der Waals surface area contributed by atoms with Crippen LogP contribution in [0.25, 0.3) is 0 Å². The monoisotopic (exact) mass is 194 g/mol. The molecule has 0 aliphatic heterocycles. The first kappa shape index (κ1) is 9.21. The van der Waals surface area contributed by atoms with Crippen LogP contribution in [0.3, 0.4) is 0 Å². The van der Waals surface area contributed by atoms with Crippen LogP contribution < -0.4 is 16.6 Å². The zero-order valence-electron chi connectivity index (χ0n) is 8.08. The third kappa shape index (κ3) is 1.93. The first-order valence-corrected chi connectivity index (χ1v) is 4.81. The summed E-state index contributed by atoms with van der Waals surface area (Å²) in [5, 5.41) is 3.13. The van der Waals surface area contributed by atoms with Crippen LogP contribution in [0, 0.1) is 0 Å². The second-order valence-corrected chi connectivity index (χ2v) is 3.58. The summed E-state index contributed by atoms with van der Waals surface area (Å²) in [7, 11) is 0. The number of aryl methyl sites for hydroxylation is 1. The average molecular weight is 194 g/mol. The van der Waals surface area contributed by atoms with Crippen molar-refractivity contribution in [2.75, 3.05) is 5.32 Å². The summed E-state index contributed by atoms with van der Waals surface area (Å²) < 4.78 is 0. The van der Waals surface area contributed by atoms with Crippen LogP contribution in [0.4, 0.5) is 5.82 Å². The topological polar surface area (TPSA) is 83.8 Å². The van der Waals surface area contributed by atoms with Crippen molar-refractivity contribution in [2.24, 2.45) is 5.73 Å². The van der Waals surface area contributed by atoms with E-state index in [-0.39, 0.29) is 17.6 Å². The minimum absolute atomic E-state index is 0.117. The van der Waals surface area contributed by atoms with Gasteiger partial charge in [0.1, 0.15) is 11.6 Å². The lowest BCUT2D eigenvalue weighted by atomic mass is 10.4. The molecular formula is C9H14N4O. The quantitative estimate of drug-likeness (QED) is 0.624. The molecule has 76 valence electrons. The normalized spacial score (nSPS) is 24.7. The minimum Gasteiger partial charge on any atom is -0.365 e. The Morgan fingerprint density at radius 2 is 2.50 bits per heavy atom. The van der Waals surface area contributed by atoms with E-state index in [4.69, 9.17) is 5.73 Å². The molecule has 1 heterocycles. The molecule has 14 heavy (non-hydrogen) atoms. The van der Waals surface area contributed by atoms with Crippen molar-refractivity contribution >= 4 is 5.82 Å². The number of anilines is 1. The smallest absolute Gasteiger partial charge is 0.252 e. The molecule has 0 spiro atoms. The van der Waals surface area contributed by atoms with Crippen molar-refractivity contribution in [3.63, 3.8) is 0 Å². The lowest BCUT2D eigenvalue weighted by Crippen LogP contribution is -2.18. The number of nitrogens with zero attached hydrogens (tertiary/aromatic N) is 1. The molecule has 1 aliphatic carbocycles. The largest absolute Gasteiger partial charge is 0.365 e. The van der Waals surface area contributed by atoms with Gasteiger partial charge in [-0.3, -0.25) is 4.79 Å². The van der Waals surface area contributed by atoms with Crippen molar-refractivity contribution in [3.8, 4) is 0 Å². The Kier molecular flexibility index (Phi) is 2.25. The number of nitrogens with two attached hydrogens (primary N) is 1. The van der Waals surface area contributed by atoms with E-state index in [9.17, 15) is 4.79 Å². The number of aromatic amines is 1. The molecule has 1 aromatic rings.